The van der Waals surface area contributed by atoms with Crippen LogP contribution < -0.4 is 0 Å². The van der Waals surface area contributed by atoms with Crippen LogP contribution in [0.25, 0.3) is 0 Å². The third kappa shape index (κ3) is 5.25. The Labute approximate surface area is 130 Å². The molecule has 0 bridgehead atoms. The number of thioether (sulfide) groups is 1. The van der Waals surface area contributed by atoms with Crippen LogP contribution in [0.5, 0.6) is 0 Å². The summed E-state index contributed by atoms with van der Waals surface area (Å²) < 4.78 is 5.43. The molecule has 1 saturated heterocycles. The molecule has 1 fully saturated rings. The van der Waals surface area contributed by atoms with Crippen molar-refractivity contribution in [1.82, 2.24) is 4.90 Å². The van der Waals surface area contributed by atoms with Gasteiger partial charge in [0.05, 0.1) is 6.61 Å². The lowest BCUT2D eigenvalue weighted by atomic mass is 10.0. The monoisotopic (exact) mass is 309 g/mol. The smallest absolute Gasteiger partial charge is 0.410 e. The number of nitrogens with zero attached hydrogens (tertiary/aromatic N) is 1. The van der Waals surface area contributed by atoms with Crippen LogP contribution in [0.1, 0.15) is 24.8 Å². The number of carbonyl (C=O) groups is 1. The molecule has 1 amide bonds. The zero-order valence-electron chi connectivity index (χ0n) is 12.2. The summed E-state index contributed by atoms with van der Waals surface area (Å²) in [5.74, 6) is 1.60. The Bertz CT molecular complexity index is 427. The fourth-order valence-electron chi connectivity index (χ4n) is 2.50. The fraction of sp³-hybridized carbons (Fsp3) is 0.562. The molecule has 1 heterocycles. The molecular formula is C16H23NO3S. The lowest BCUT2D eigenvalue weighted by molar-refractivity contribution is 0.0731. The average Bonchev–Trinajstić information content (AvgIpc) is 2.54. The van der Waals surface area contributed by atoms with Gasteiger partial charge in [0, 0.05) is 24.1 Å². The third-order valence-electron chi connectivity index (χ3n) is 3.61. The second-order valence-corrected chi connectivity index (χ2v) is 6.33. The average molecular weight is 309 g/mol. The predicted octanol–water partition coefficient (Wildman–Crippen LogP) is 2.90. The highest BCUT2D eigenvalue weighted by Crippen LogP contribution is 2.21. The third-order valence-corrected chi connectivity index (χ3v) is 4.70. The van der Waals surface area contributed by atoms with E-state index in [1.807, 2.05) is 35.2 Å². The summed E-state index contributed by atoms with van der Waals surface area (Å²) in [6.45, 7) is 1.29. The number of amides is 1. The summed E-state index contributed by atoms with van der Waals surface area (Å²) in [7, 11) is 0. The highest BCUT2D eigenvalue weighted by atomic mass is 32.2. The van der Waals surface area contributed by atoms with Crippen LogP contribution in [0.15, 0.2) is 30.3 Å². The first-order chi connectivity index (χ1) is 10.3. The second-order valence-electron chi connectivity index (χ2n) is 5.18. The van der Waals surface area contributed by atoms with Crippen molar-refractivity contribution in [3.05, 3.63) is 35.9 Å². The molecule has 0 aromatic heterocycles. The highest BCUT2D eigenvalue weighted by molar-refractivity contribution is 7.99. The van der Waals surface area contributed by atoms with E-state index in [1.54, 1.807) is 11.8 Å². The molecule has 1 N–H and O–H groups in total. The first-order valence-corrected chi connectivity index (χ1v) is 8.62. The van der Waals surface area contributed by atoms with Crippen molar-refractivity contribution in [2.75, 3.05) is 24.7 Å². The van der Waals surface area contributed by atoms with Crippen molar-refractivity contribution in [1.29, 1.82) is 0 Å². The summed E-state index contributed by atoms with van der Waals surface area (Å²) in [5, 5.41) is 8.86. The van der Waals surface area contributed by atoms with Gasteiger partial charge in [-0.1, -0.05) is 30.3 Å². The second kappa shape index (κ2) is 8.95. The Hall–Kier alpha value is -1.20. The Morgan fingerprint density at radius 2 is 2.14 bits per heavy atom. The molecule has 1 aliphatic heterocycles. The van der Waals surface area contributed by atoms with Crippen molar-refractivity contribution in [2.45, 2.75) is 31.9 Å². The number of piperidine rings is 1. The Balaban J connectivity index is 1.83. The number of benzene rings is 1. The van der Waals surface area contributed by atoms with Gasteiger partial charge < -0.3 is 14.7 Å². The van der Waals surface area contributed by atoms with Crippen LogP contribution >= 0.6 is 11.8 Å². The Morgan fingerprint density at radius 3 is 2.90 bits per heavy atom. The Kier molecular flexibility index (Phi) is 6.89. The number of aliphatic hydroxyl groups excluding tert-OH is 1. The number of rotatable bonds is 6. The summed E-state index contributed by atoms with van der Waals surface area (Å²) in [6, 6.07) is 9.98. The normalized spacial score (nSPS) is 18.5. The van der Waals surface area contributed by atoms with Gasteiger partial charge in [-0.3, -0.25) is 0 Å². The minimum absolute atomic E-state index is 0.190. The molecule has 21 heavy (non-hydrogen) atoms. The quantitative estimate of drug-likeness (QED) is 0.821. The molecule has 0 spiro atoms. The fourth-order valence-corrected chi connectivity index (χ4v) is 3.41. The van der Waals surface area contributed by atoms with Crippen molar-refractivity contribution in [3.8, 4) is 0 Å². The van der Waals surface area contributed by atoms with Crippen molar-refractivity contribution >= 4 is 17.9 Å². The summed E-state index contributed by atoms with van der Waals surface area (Å²) in [5.41, 5.74) is 1.01. The number of likely N-dealkylation sites (tertiary alicyclic amines) is 1. The standard InChI is InChI=1S/C16H23NO3S/c18-10-11-21-13-15-8-4-5-9-17(15)16(19)20-12-14-6-2-1-3-7-14/h1-3,6-7,15,18H,4-5,8-13H2/t15-/m0/s1. The molecule has 1 aliphatic rings. The molecular weight excluding hydrogens is 286 g/mol. The SMILES string of the molecule is O=C(OCc1ccccc1)N1CCCC[C@H]1CSCCO. The van der Waals surface area contributed by atoms with Crippen LogP contribution in [0.2, 0.25) is 0 Å². The van der Waals surface area contributed by atoms with Crippen molar-refractivity contribution in [3.63, 3.8) is 0 Å². The molecule has 1 atom stereocenters. The maximum atomic E-state index is 12.3. The highest BCUT2D eigenvalue weighted by Gasteiger charge is 2.27. The molecule has 0 unspecified atom stereocenters. The van der Waals surface area contributed by atoms with Crippen LogP contribution in [0, 0.1) is 0 Å². The lowest BCUT2D eigenvalue weighted by Crippen LogP contribution is -2.45. The molecule has 1 aromatic rings. The van der Waals surface area contributed by atoms with E-state index in [1.165, 1.54) is 0 Å². The van der Waals surface area contributed by atoms with Gasteiger partial charge in [-0.25, -0.2) is 4.79 Å². The molecule has 116 valence electrons. The van der Waals surface area contributed by atoms with Gasteiger partial charge in [-0.2, -0.15) is 11.8 Å². The number of carbonyl (C=O) groups excluding carboxylic acids is 1. The van der Waals surface area contributed by atoms with Crippen molar-refractivity contribution < 1.29 is 14.6 Å². The molecule has 0 aliphatic carbocycles. The van der Waals surface area contributed by atoms with Gasteiger partial charge in [0.15, 0.2) is 0 Å². The van der Waals surface area contributed by atoms with Gasteiger partial charge in [0.25, 0.3) is 0 Å². The van der Waals surface area contributed by atoms with Gasteiger partial charge in [0.1, 0.15) is 6.61 Å². The molecule has 2 rings (SSSR count). The van der Waals surface area contributed by atoms with Crippen LogP contribution in [0.4, 0.5) is 4.79 Å². The topological polar surface area (TPSA) is 49.8 Å². The minimum atomic E-state index is -0.215. The van der Waals surface area contributed by atoms with E-state index in [9.17, 15) is 4.79 Å². The Morgan fingerprint density at radius 1 is 1.33 bits per heavy atom. The number of hydrogen-bond acceptors (Lipinski definition) is 4. The lowest BCUT2D eigenvalue weighted by Gasteiger charge is -2.34. The summed E-state index contributed by atoms with van der Waals surface area (Å²) in [4.78, 5) is 14.1. The van der Waals surface area contributed by atoms with Crippen LogP contribution in [-0.2, 0) is 11.3 Å². The zero-order valence-corrected chi connectivity index (χ0v) is 13.1. The maximum Gasteiger partial charge on any atom is 0.410 e. The summed E-state index contributed by atoms with van der Waals surface area (Å²) >= 11 is 1.70. The molecule has 0 saturated carbocycles. The molecule has 0 radical (unpaired) electrons. The van der Waals surface area contributed by atoms with E-state index in [2.05, 4.69) is 0 Å². The maximum absolute atomic E-state index is 12.3. The molecule has 4 nitrogen and oxygen atoms in total. The predicted molar refractivity (Wildman–Crippen MR) is 85.4 cm³/mol. The van der Waals surface area contributed by atoms with E-state index < -0.39 is 0 Å². The van der Waals surface area contributed by atoms with Crippen LogP contribution in [-0.4, -0.2) is 46.8 Å². The van der Waals surface area contributed by atoms with E-state index in [-0.39, 0.29) is 18.7 Å². The number of ether oxygens (including phenoxy) is 1. The van der Waals surface area contributed by atoms with Gasteiger partial charge in [0.2, 0.25) is 0 Å². The first kappa shape index (κ1) is 16.2. The van der Waals surface area contributed by atoms with Gasteiger partial charge in [-0.15, -0.1) is 0 Å². The van der Waals surface area contributed by atoms with Crippen LogP contribution in [0.3, 0.4) is 0 Å². The van der Waals surface area contributed by atoms with E-state index in [4.69, 9.17) is 9.84 Å². The van der Waals surface area contributed by atoms with Gasteiger partial charge in [-0.05, 0) is 24.8 Å². The molecule has 5 heteroatoms. The zero-order chi connectivity index (χ0) is 14.9. The minimum Gasteiger partial charge on any atom is -0.445 e. The first-order valence-electron chi connectivity index (χ1n) is 7.47. The summed E-state index contributed by atoms with van der Waals surface area (Å²) in [6.07, 6.45) is 3.01. The van der Waals surface area contributed by atoms with Crippen molar-refractivity contribution in [2.24, 2.45) is 0 Å². The number of hydrogen-bond donors (Lipinski definition) is 1. The molecule has 1 aromatic carbocycles. The number of aliphatic hydroxyl groups is 1. The van der Waals surface area contributed by atoms with Gasteiger partial charge >= 0.3 is 6.09 Å². The largest absolute Gasteiger partial charge is 0.445 e. The van der Waals surface area contributed by atoms with E-state index in [0.29, 0.717) is 6.61 Å². The van der Waals surface area contributed by atoms with E-state index >= 15 is 0 Å². The van der Waals surface area contributed by atoms with E-state index in [0.717, 1.165) is 42.9 Å².